The van der Waals surface area contributed by atoms with E-state index in [9.17, 15) is 9.59 Å². The molecule has 19 heavy (non-hydrogen) atoms. The van der Waals surface area contributed by atoms with Crippen LogP contribution in [0.15, 0.2) is 35.2 Å². The van der Waals surface area contributed by atoms with Crippen molar-refractivity contribution < 1.29 is 18.7 Å². The lowest BCUT2D eigenvalue weighted by atomic mass is 10.2. The summed E-state index contributed by atoms with van der Waals surface area (Å²) in [5, 5.41) is 2.81. The minimum atomic E-state index is -0.521. The van der Waals surface area contributed by atoms with Crippen molar-refractivity contribution in [3.8, 4) is 0 Å². The molecular formula is C12H9ClN2O4. The molecule has 0 aliphatic carbocycles. The fourth-order valence-corrected chi connectivity index (χ4v) is 1.54. The molecule has 1 N–H and O–H groups in total. The maximum Gasteiger partial charge on any atom is 0.337 e. The van der Waals surface area contributed by atoms with Crippen LogP contribution in [0.25, 0.3) is 0 Å². The standard InChI is InChI=1S/C12H9ClN2O4/c1-18-12(17)7-2-3-8(13)9(4-7)15-11(16)10-5-14-6-19-10/h2-6H,1H3,(H,15,16). The van der Waals surface area contributed by atoms with Crippen LogP contribution in [0.1, 0.15) is 20.9 Å². The predicted molar refractivity (Wildman–Crippen MR) is 67.2 cm³/mol. The first-order chi connectivity index (χ1) is 9.11. The first kappa shape index (κ1) is 13.1. The zero-order valence-corrected chi connectivity index (χ0v) is 10.6. The third-order valence-corrected chi connectivity index (χ3v) is 2.62. The van der Waals surface area contributed by atoms with E-state index >= 15 is 0 Å². The second-order valence-electron chi connectivity index (χ2n) is 3.51. The molecule has 2 rings (SSSR count). The number of ether oxygens (including phenoxy) is 1. The minimum absolute atomic E-state index is 0.0412. The summed E-state index contributed by atoms with van der Waals surface area (Å²) in [6.45, 7) is 0. The van der Waals surface area contributed by atoms with Gasteiger partial charge in [-0.3, -0.25) is 4.79 Å². The summed E-state index contributed by atoms with van der Waals surface area (Å²) in [7, 11) is 1.27. The second kappa shape index (κ2) is 5.53. The summed E-state index contributed by atoms with van der Waals surface area (Å²) in [6, 6.07) is 4.41. The van der Waals surface area contributed by atoms with E-state index in [1.807, 2.05) is 0 Å². The normalized spacial score (nSPS) is 10.0. The third kappa shape index (κ3) is 2.92. The Morgan fingerprint density at radius 2 is 2.21 bits per heavy atom. The van der Waals surface area contributed by atoms with E-state index in [1.54, 1.807) is 0 Å². The Morgan fingerprint density at radius 3 is 2.84 bits per heavy atom. The van der Waals surface area contributed by atoms with E-state index in [2.05, 4.69) is 15.0 Å². The number of rotatable bonds is 3. The van der Waals surface area contributed by atoms with Crippen molar-refractivity contribution in [2.45, 2.75) is 0 Å². The molecule has 0 unspecified atom stereocenters. The van der Waals surface area contributed by atoms with Crippen molar-refractivity contribution >= 4 is 29.2 Å². The zero-order chi connectivity index (χ0) is 13.8. The van der Waals surface area contributed by atoms with Gasteiger partial charge in [-0.15, -0.1) is 0 Å². The lowest BCUT2D eigenvalue weighted by Crippen LogP contribution is -2.12. The van der Waals surface area contributed by atoms with Crippen molar-refractivity contribution in [3.05, 3.63) is 47.1 Å². The van der Waals surface area contributed by atoms with Crippen molar-refractivity contribution in [2.75, 3.05) is 12.4 Å². The molecule has 1 amide bonds. The largest absolute Gasteiger partial charge is 0.465 e. The summed E-state index contributed by atoms with van der Waals surface area (Å²) < 4.78 is 9.43. The average molecular weight is 281 g/mol. The molecule has 1 heterocycles. The molecule has 0 atom stereocenters. The topological polar surface area (TPSA) is 81.4 Å². The zero-order valence-electron chi connectivity index (χ0n) is 9.84. The van der Waals surface area contributed by atoms with Crippen molar-refractivity contribution in [3.63, 3.8) is 0 Å². The SMILES string of the molecule is COC(=O)c1ccc(Cl)c(NC(=O)c2cnco2)c1. The van der Waals surface area contributed by atoms with Gasteiger partial charge in [-0.2, -0.15) is 0 Å². The van der Waals surface area contributed by atoms with Crippen molar-refractivity contribution in [1.29, 1.82) is 0 Å². The molecule has 0 radical (unpaired) electrons. The van der Waals surface area contributed by atoms with Gasteiger partial charge in [-0.1, -0.05) is 11.6 Å². The van der Waals surface area contributed by atoms with E-state index in [1.165, 1.54) is 31.5 Å². The first-order valence-electron chi connectivity index (χ1n) is 5.19. The van der Waals surface area contributed by atoms with Gasteiger partial charge in [-0.25, -0.2) is 9.78 Å². The van der Waals surface area contributed by atoms with Gasteiger partial charge in [0, 0.05) is 0 Å². The predicted octanol–water partition coefficient (Wildman–Crippen LogP) is 2.37. The van der Waals surface area contributed by atoms with Crippen LogP contribution in [0.2, 0.25) is 5.02 Å². The Morgan fingerprint density at radius 1 is 1.42 bits per heavy atom. The molecule has 0 fully saturated rings. The molecule has 7 heteroatoms. The van der Waals surface area contributed by atoms with E-state index < -0.39 is 11.9 Å². The maximum absolute atomic E-state index is 11.8. The van der Waals surface area contributed by atoms with Crippen LogP contribution in [0.5, 0.6) is 0 Å². The number of nitrogens with one attached hydrogen (secondary N) is 1. The lowest BCUT2D eigenvalue weighted by molar-refractivity contribution is 0.0600. The Bertz CT molecular complexity index is 610. The van der Waals surface area contributed by atoms with Crippen molar-refractivity contribution in [1.82, 2.24) is 4.98 Å². The number of hydrogen-bond donors (Lipinski definition) is 1. The number of halogens is 1. The number of carbonyl (C=O) groups is 2. The Kier molecular flexibility index (Phi) is 3.82. The molecule has 1 aromatic heterocycles. The lowest BCUT2D eigenvalue weighted by Gasteiger charge is -2.07. The van der Waals surface area contributed by atoms with Crippen LogP contribution in [-0.2, 0) is 4.74 Å². The van der Waals surface area contributed by atoms with E-state index in [0.717, 1.165) is 6.39 Å². The van der Waals surface area contributed by atoms with Gasteiger partial charge in [0.2, 0.25) is 5.76 Å². The highest BCUT2D eigenvalue weighted by Crippen LogP contribution is 2.24. The highest BCUT2D eigenvalue weighted by molar-refractivity contribution is 6.34. The molecule has 98 valence electrons. The van der Waals surface area contributed by atoms with Crippen LogP contribution in [0.4, 0.5) is 5.69 Å². The highest BCUT2D eigenvalue weighted by atomic mass is 35.5. The number of oxazole rings is 1. The number of benzene rings is 1. The highest BCUT2D eigenvalue weighted by Gasteiger charge is 2.14. The number of carbonyl (C=O) groups excluding carboxylic acids is 2. The van der Waals surface area contributed by atoms with Crippen LogP contribution in [0.3, 0.4) is 0 Å². The van der Waals surface area contributed by atoms with Crippen LogP contribution in [0, 0.1) is 0 Å². The number of hydrogen-bond acceptors (Lipinski definition) is 5. The third-order valence-electron chi connectivity index (χ3n) is 2.29. The van der Waals surface area contributed by atoms with Gasteiger partial charge in [0.25, 0.3) is 5.91 Å². The molecule has 0 saturated carbocycles. The number of esters is 1. The van der Waals surface area contributed by atoms with Gasteiger partial charge in [0.15, 0.2) is 6.39 Å². The molecule has 2 aromatic rings. The molecule has 0 aliphatic rings. The quantitative estimate of drug-likeness (QED) is 0.873. The first-order valence-corrected chi connectivity index (χ1v) is 5.57. The summed E-state index contributed by atoms with van der Waals surface area (Å²) in [6.07, 6.45) is 2.41. The van der Waals surface area contributed by atoms with Gasteiger partial charge >= 0.3 is 5.97 Å². The Hall–Kier alpha value is -2.34. The van der Waals surface area contributed by atoms with Gasteiger partial charge < -0.3 is 14.5 Å². The Labute approximate surface area is 113 Å². The van der Waals surface area contributed by atoms with E-state index in [4.69, 9.17) is 16.0 Å². The number of aromatic nitrogens is 1. The Balaban J connectivity index is 2.24. The van der Waals surface area contributed by atoms with Gasteiger partial charge in [0.05, 0.1) is 29.6 Å². The number of anilines is 1. The monoisotopic (exact) mass is 280 g/mol. The average Bonchev–Trinajstić information content (AvgIpc) is 2.94. The van der Waals surface area contributed by atoms with Crippen LogP contribution in [-0.4, -0.2) is 24.0 Å². The summed E-state index contributed by atoms with van der Waals surface area (Å²) in [5.74, 6) is -0.993. The van der Waals surface area contributed by atoms with E-state index in [-0.39, 0.29) is 17.0 Å². The van der Waals surface area contributed by atoms with Gasteiger partial charge in [0.1, 0.15) is 0 Å². The van der Waals surface area contributed by atoms with Crippen LogP contribution >= 0.6 is 11.6 Å². The maximum atomic E-state index is 11.8. The second-order valence-corrected chi connectivity index (χ2v) is 3.91. The molecular weight excluding hydrogens is 272 g/mol. The van der Waals surface area contributed by atoms with Crippen molar-refractivity contribution in [2.24, 2.45) is 0 Å². The molecule has 1 aromatic carbocycles. The fourth-order valence-electron chi connectivity index (χ4n) is 1.38. The number of nitrogens with zero attached hydrogens (tertiary/aromatic N) is 1. The smallest absolute Gasteiger partial charge is 0.337 e. The van der Waals surface area contributed by atoms with E-state index in [0.29, 0.717) is 5.02 Å². The van der Waals surface area contributed by atoms with Gasteiger partial charge in [-0.05, 0) is 18.2 Å². The van der Waals surface area contributed by atoms with Crippen LogP contribution < -0.4 is 5.32 Å². The molecule has 6 nitrogen and oxygen atoms in total. The summed E-state index contributed by atoms with van der Waals surface area (Å²) >= 11 is 5.94. The molecule has 0 bridgehead atoms. The minimum Gasteiger partial charge on any atom is -0.465 e. The number of methoxy groups -OCH3 is 1. The fraction of sp³-hybridized carbons (Fsp3) is 0.0833. The molecule has 0 saturated heterocycles. The molecule has 0 aliphatic heterocycles. The molecule has 0 spiro atoms. The summed E-state index contributed by atoms with van der Waals surface area (Å²) in [4.78, 5) is 26.8. The summed E-state index contributed by atoms with van der Waals surface area (Å²) in [5.41, 5.74) is 0.561. The number of amides is 1.